The summed E-state index contributed by atoms with van der Waals surface area (Å²) in [7, 11) is -3.42. The number of nitrogens with zero attached hydrogens (tertiary/aromatic N) is 2. The van der Waals surface area contributed by atoms with Gasteiger partial charge in [0.2, 0.25) is 5.91 Å². The van der Waals surface area contributed by atoms with Crippen LogP contribution in [0.4, 0.5) is 18.9 Å². The number of hydrogen-bond acceptors (Lipinski definition) is 5. The number of aliphatic carboxylic acids is 1. The van der Waals surface area contributed by atoms with E-state index in [0.717, 1.165) is 17.8 Å². The van der Waals surface area contributed by atoms with Crippen LogP contribution in [0.1, 0.15) is 24.8 Å². The first-order valence-corrected chi connectivity index (χ1v) is 11.3. The highest BCUT2D eigenvalue weighted by atomic mass is 32.2. The molecule has 158 valence electrons. The molecule has 2 aliphatic heterocycles. The molecule has 0 aromatic heterocycles. The van der Waals surface area contributed by atoms with Crippen LogP contribution in [0, 0.1) is 0 Å². The Morgan fingerprint density at radius 2 is 1.90 bits per heavy atom. The molecule has 0 saturated carbocycles. The predicted octanol–water partition coefficient (Wildman–Crippen LogP) is 2.56. The van der Waals surface area contributed by atoms with Crippen molar-refractivity contribution in [1.82, 2.24) is 0 Å². The number of carbonyl (C=O) groups is 2. The van der Waals surface area contributed by atoms with Gasteiger partial charge in [-0.1, -0.05) is 23.9 Å². The van der Waals surface area contributed by atoms with E-state index in [2.05, 4.69) is 4.99 Å². The van der Waals surface area contributed by atoms with E-state index in [1.54, 1.807) is 0 Å². The van der Waals surface area contributed by atoms with Crippen LogP contribution >= 0.6 is 11.8 Å². The molecule has 2 saturated heterocycles. The minimum Gasteiger partial charge on any atom is -0.481 e. The number of para-hydroxylation sites is 1. The number of sulfone groups is 1. The monoisotopic (exact) mass is 450 g/mol. The first kappa shape index (κ1) is 21.6. The molecule has 1 N–H and O–H groups in total. The Morgan fingerprint density at radius 3 is 2.55 bits per heavy atom. The molecule has 29 heavy (non-hydrogen) atoms. The lowest BCUT2D eigenvalue weighted by atomic mass is 10.1. The third kappa shape index (κ3) is 4.92. The number of fused-ring (bicyclic) bond motifs is 1. The summed E-state index contributed by atoms with van der Waals surface area (Å²) < 4.78 is 64.6. The summed E-state index contributed by atoms with van der Waals surface area (Å²) >= 11 is 0.966. The summed E-state index contributed by atoms with van der Waals surface area (Å²) in [4.78, 5) is 27.8. The number of alkyl halides is 3. The number of carboxylic acid groups (broad SMARTS) is 1. The van der Waals surface area contributed by atoms with Crippen LogP contribution < -0.4 is 4.90 Å². The number of amides is 1. The second kappa shape index (κ2) is 7.98. The molecule has 0 spiro atoms. The quantitative estimate of drug-likeness (QED) is 0.735. The van der Waals surface area contributed by atoms with Crippen molar-refractivity contribution in [1.29, 1.82) is 0 Å². The topological polar surface area (TPSA) is 104 Å². The molecule has 1 aromatic carbocycles. The molecule has 0 aliphatic carbocycles. The van der Waals surface area contributed by atoms with Gasteiger partial charge in [0.15, 0.2) is 15.0 Å². The van der Waals surface area contributed by atoms with Crippen molar-refractivity contribution in [3.63, 3.8) is 0 Å². The summed E-state index contributed by atoms with van der Waals surface area (Å²) in [6, 6.07) is 3.98. The Bertz CT molecular complexity index is 962. The lowest BCUT2D eigenvalue weighted by Gasteiger charge is -2.27. The van der Waals surface area contributed by atoms with Crippen molar-refractivity contribution >= 4 is 44.3 Å². The third-order valence-electron chi connectivity index (χ3n) is 4.54. The van der Waals surface area contributed by atoms with E-state index in [4.69, 9.17) is 5.11 Å². The summed E-state index contributed by atoms with van der Waals surface area (Å²) in [5.41, 5.74) is -1.20. The number of aliphatic imine (C=N–C) groups is 1. The molecule has 7 nitrogen and oxygen atoms in total. The van der Waals surface area contributed by atoms with Crippen molar-refractivity contribution in [2.45, 2.75) is 36.7 Å². The van der Waals surface area contributed by atoms with Crippen LogP contribution in [0.15, 0.2) is 29.3 Å². The molecule has 12 heteroatoms. The highest BCUT2D eigenvalue weighted by Gasteiger charge is 2.51. The average Bonchev–Trinajstić information content (AvgIpc) is 3.04. The Hall–Kier alpha value is -2.08. The highest BCUT2D eigenvalue weighted by molar-refractivity contribution is 8.16. The number of hydrogen-bond donors (Lipinski definition) is 1. The number of rotatable bonds is 5. The van der Waals surface area contributed by atoms with Crippen LogP contribution in [0.2, 0.25) is 0 Å². The molecule has 0 bridgehead atoms. The Labute approximate surface area is 168 Å². The number of carboxylic acids is 1. The van der Waals surface area contributed by atoms with E-state index < -0.39 is 44.7 Å². The molecule has 2 aliphatic rings. The fourth-order valence-corrected chi connectivity index (χ4v) is 7.25. The first-order chi connectivity index (χ1) is 13.5. The molecular weight excluding hydrogens is 433 g/mol. The van der Waals surface area contributed by atoms with E-state index in [-0.39, 0.29) is 41.6 Å². The van der Waals surface area contributed by atoms with Gasteiger partial charge in [-0.15, -0.1) is 0 Å². The summed E-state index contributed by atoms with van der Waals surface area (Å²) in [5, 5.41) is 8.11. The zero-order valence-electron chi connectivity index (χ0n) is 14.9. The molecule has 1 aromatic rings. The van der Waals surface area contributed by atoms with Gasteiger partial charge in [-0.05, 0) is 18.6 Å². The zero-order chi connectivity index (χ0) is 21.4. The third-order valence-corrected chi connectivity index (χ3v) is 7.75. The van der Waals surface area contributed by atoms with Crippen molar-refractivity contribution in [2.75, 3.05) is 16.4 Å². The van der Waals surface area contributed by atoms with Crippen LogP contribution in [-0.4, -0.2) is 53.4 Å². The molecular formula is C17H17F3N2O5S2. The van der Waals surface area contributed by atoms with Gasteiger partial charge < -0.3 is 10.0 Å². The Kier molecular flexibility index (Phi) is 5.95. The fraction of sp³-hybridized carbons (Fsp3) is 0.471. The second-order valence-electron chi connectivity index (χ2n) is 6.72. The van der Waals surface area contributed by atoms with Crippen molar-refractivity contribution in [2.24, 2.45) is 4.99 Å². The molecule has 0 radical (unpaired) electrons. The summed E-state index contributed by atoms with van der Waals surface area (Å²) in [6.45, 7) is 0. The molecule has 0 unspecified atom stereocenters. The highest BCUT2D eigenvalue weighted by Crippen LogP contribution is 2.45. The molecule has 2 heterocycles. The second-order valence-corrected chi connectivity index (χ2v) is 10.1. The van der Waals surface area contributed by atoms with E-state index >= 15 is 0 Å². The standard InChI is InChI=1S/C17H17F3N2O5S2/c18-17(19,20)10-4-1-2-5-11(10)22-12-8-29(26,27)9-13(12)28-16(22)21-14(23)6-3-7-15(24)25/h1-2,4-5,12-13H,3,6-9H2,(H,24,25)/t12-,13+/m0/s1. The lowest BCUT2D eigenvalue weighted by Crippen LogP contribution is -2.39. The van der Waals surface area contributed by atoms with E-state index in [9.17, 15) is 31.2 Å². The number of benzene rings is 1. The first-order valence-electron chi connectivity index (χ1n) is 8.64. The van der Waals surface area contributed by atoms with E-state index in [1.807, 2.05) is 0 Å². The average molecular weight is 450 g/mol. The van der Waals surface area contributed by atoms with Gasteiger partial charge in [-0.25, -0.2) is 8.42 Å². The van der Waals surface area contributed by atoms with Gasteiger partial charge in [-0.2, -0.15) is 18.2 Å². The largest absolute Gasteiger partial charge is 0.481 e. The number of amidine groups is 1. The van der Waals surface area contributed by atoms with Gasteiger partial charge in [0.05, 0.1) is 28.8 Å². The lowest BCUT2D eigenvalue weighted by molar-refractivity contribution is -0.138. The minimum absolute atomic E-state index is 0.00641. The van der Waals surface area contributed by atoms with Gasteiger partial charge in [0.25, 0.3) is 0 Å². The fourth-order valence-electron chi connectivity index (χ4n) is 3.32. The summed E-state index contributed by atoms with van der Waals surface area (Å²) in [5.74, 6) is -2.27. The van der Waals surface area contributed by atoms with E-state index in [0.29, 0.717) is 0 Å². The maximum absolute atomic E-state index is 13.5. The zero-order valence-corrected chi connectivity index (χ0v) is 16.6. The van der Waals surface area contributed by atoms with Crippen molar-refractivity contribution in [3.05, 3.63) is 29.8 Å². The normalized spacial score (nSPS) is 24.7. The predicted molar refractivity (Wildman–Crippen MR) is 102 cm³/mol. The van der Waals surface area contributed by atoms with Gasteiger partial charge in [0, 0.05) is 18.1 Å². The van der Waals surface area contributed by atoms with Gasteiger partial charge in [0.1, 0.15) is 0 Å². The molecule has 2 atom stereocenters. The van der Waals surface area contributed by atoms with E-state index in [1.165, 1.54) is 23.1 Å². The van der Waals surface area contributed by atoms with Gasteiger partial charge >= 0.3 is 12.1 Å². The molecule has 1 amide bonds. The number of halogens is 3. The smallest absolute Gasteiger partial charge is 0.418 e. The number of thioether (sulfide) groups is 1. The van der Waals surface area contributed by atoms with Gasteiger partial charge in [-0.3, -0.25) is 9.59 Å². The SMILES string of the molecule is O=C(O)CCCC(=O)N=C1S[C@@H]2CS(=O)(=O)C[C@@H]2N1c1ccccc1C(F)(F)F. The maximum Gasteiger partial charge on any atom is 0.418 e. The maximum atomic E-state index is 13.5. The molecule has 3 rings (SSSR count). The molecule has 2 fully saturated rings. The van der Waals surface area contributed by atoms with Crippen LogP contribution in [0.5, 0.6) is 0 Å². The Balaban J connectivity index is 1.97. The van der Waals surface area contributed by atoms with Crippen LogP contribution in [0.3, 0.4) is 0 Å². The number of carbonyl (C=O) groups excluding carboxylic acids is 1. The minimum atomic E-state index is -4.67. The van der Waals surface area contributed by atoms with Crippen LogP contribution in [-0.2, 0) is 25.6 Å². The Morgan fingerprint density at radius 1 is 1.21 bits per heavy atom. The van der Waals surface area contributed by atoms with Crippen molar-refractivity contribution < 1.29 is 36.3 Å². The van der Waals surface area contributed by atoms with Crippen LogP contribution in [0.25, 0.3) is 0 Å². The van der Waals surface area contributed by atoms with Crippen molar-refractivity contribution in [3.8, 4) is 0 Å². The summed E-state index contributed by atoms with van der Waals surface area (Å²) in [6.07, 6.45) is -5.02. The number of anilines is 1.